The van der Waals surface area contributed by atoms with Crippen LogP contribution in [0.5, 0.6) is 0 Å². The summed E-state index contributed by atoms with van der Waals surface area (Å²) in [6.07, 6.45) is 0.489. The molecule has 11 heavy (non-hydrogen) atoms. The lowest BCUT2D eigenvalue weighted by atomic mass is 9.84. The highest BCUT2D eigenvalue weighted by Gasteiger charge is 2.35. The molecule has 3 nitrogen and oxygen atoms in total. The molecule has 0 heterocycles. The van der Waals surface area contributed by atoms with Crippen LogP contribution in [0.25, 0.3) is 0 Å². The molecule has 0 radical (unpaired) electrons. The summed E-state index contributed by atoms with van der Waals surface area (Å²) in [6.45, 7) is 3.10. The largest absolute Gasteiger partial charge is 0.387 e. The Morgan fingerprint density at radius 3 is 2.73 bits per heavy atom. The summed E-state index contributed by atoms with van der Waals surface area (Å²) in [5, 5.41) is 18.7. The maximum atomic E-state index is 11.0. The predicted octanol–water partition coefficient (Wildman–Crippen LogP) is 0.0174. The van der Waals surface area contributed by atoms with Gasteiger partial charge in [-0.15, -0.1) is 0 Å². The maximum absolute atomic E-state index is 11.0. The molecule has 0 aliphatic heterocycles. The SMILES string of the molecule is CC1=CC(O)C(C)(O)CC1=O. The Hall–Kier alpha value is -0.670. The molecule has 2 unspecified atom stereocenters. The van der Waals surface area contributed by atoms with Crippen molar-refractivity contribution >= 4 is 5.78 Å². The molecule has 1 aliphatic carbocycles. The Labute approximate surface area is 65.3 Å². The molecule has 0 aromatic rings. The summed E-state index contributed by atoms with van der Waals surface area (Å²) in [6, 6.07) is 0. The van der Waals surface area contributed by atoms with Gasteiger partial charge in [-0.3, -0.25) is 4.79 Å². The van der Waals surface area contributed by atoms with E-state index in [4.69, 9.17) is 0 Å². The number of aliphatic hydroxyl groups is 2. The number of allylic oxidation sites excluding steroid dienone is 1. The van der Waals surface area contributed by atoms with Gasteiger partial charge in [0.15, 0.2) is 5.78 Å². The Morgan fingerprint density at radius 2 is 2.27 bits per heavy atom. The molecular weight excluding hydrogens is 144 g/mol. The van der Waals surface area contributed by atoms with Crippen molar-refractivity contribution in [3.05, 3.63) is 11.6 Å². The van der Waals surface area contributed by atoms with E-state index in [2.05, 4.69) is 0 Å². The van der Waals surface area contributed by atoms with Crippen molar-refractivity contribution in [2.45, 2.75) is 32.0 Å². The predicted molar refractivity (Wildman–Crippen MR) is 40.0 cm³/mol. The zero-order valence-corrected chi connectivity index (χ0v) is 6.66. The van der Waals surface area contributed by atoms with Gasteiger partial charge in [0.2, 0.25) is 0 Å². The molecule has 1 rings (SSSR count). The number of aliphatic hydroxyl groups excluding tert-OH is 1. The number of Topliss-reactive ketones (excluding diaryl/α,β-unsaturated/α-hetero) is 1. The average molecular weight is 156 g/mol. The van der Waals surface area contributed by atoms with Crippen molar-refractivity contribution in [3.63, 3.8) is 0 Å². The molecule has 0 aromatic carbocycles. The fourth-order valence-corrected chi connectivity index (χ4v) is 1.08. The number of carbonyl (C=O) groups is 1. The second kappa shape index (κ2) is 2.43. The lowest BCUT2D eigenvalue weighted by Gasteiger charge is -2.30. The normalized spacial score (nSPS) is 38.7. The van der Waals surface area contributed by atoms with Crippen LogP contribution in [-0.2, 0) is 4.79 Å². The fourth-order valence-electron chi connectivity index (χ4n) is 1.08. The first-order chi connectivity index (χ1) is 4.93. The third-order valence-corrected chi connectivity index (χ3v) is 2.00. The molecule has 1 aliphatic rings. The standard InChI is InChI=1S/C8H12O3/c1-5-3-7(10)8(2,11)4-6(5)9/h3,7,10-11H,4H2,1-2H3. The van der Waals surface area contributed by atoms with Gasteiger partial charge in [0.05, 0.1) is 5.60 Å². The number of ketones is 1. The topological polar surface area (TPSA) is 57.5 Å². The Bertz CT molecular complexity index is 215. The van der Waals surface area contributed by atoms with Crippen LogP contribution >= 0.6 is 0 Å². The lowest BCUT2D eigenvalue weighted by molar-refractivity contribution is -0.126. The van der Waals surface area contributed by atoms with Crippen LogP contribution in [0.3, 0.4) is 0 Å². The number of rotatable bonds is 0. The van der Waals surface area contributed by atoms with Gasteiger partial charge < -0.3 is 10.2 Å². The van der Waals surface area contributed by atoms with E-state index in [9.17, 15) is 15.0 Å². The number of hydrogen-bond donors (Lipinski definition) is 2. The molecule has 0 saturated carbocycles. The second-order valence-electron chi connectivity index (χ2n) is 3.25. The molecule has 2 atom stereocenters. The number of carbonyl (C=O) groups excluding carboxylic acids is 1. The molecule has 2 N–H and O–H groups in total. The van der Waals surface area contributed by atoms with Crippen LogP contribution < -0.4 is 0 Å². The van der Waals surface area contributed by atoms with Crippen molar-refractivity contribution in [1.82, 2.24) is 0 Å². The van der Waals surface area contributed by atoms with E-state index < -0.39 is 11.7 Å². The number of hydrogen-bond acceptors (Lipinski definition) is 3. The van der Waals surface area contributed by atoms with E-state index in [1.807, 2.05) is 0 Å². The van der Waals surface area contributed by atoms with Crippen molar-refractivity contribution in [2.24, 2.45) is 0 Å². The van der Waals surface area contributed by atoms with Crippen LogP contribution in [0.4, 0.5) is 0 Å². The van der Waals surface area contributed by atoms with Crippen molar-refractivity contribution in [2.75, 3.05) is 0 Å². The Kier molecular flexibility index (Phi) is 1.86. The first-order valence-electron chi connectivity index (χ1n) is 3.55. The van der Waals surface area contributed by atoms with Crippen molar-refractivity contribution < 1.29 is 15.0 Å². The average Bonchev–Trinajstić information content (AvgIpc) is 1.83. The maximum Gasteiger partial charge on any atom is 0.161 e. The molecule has 0 spiro atoms. The zero-order valence-electron chi connectivity index (χ0n) is 6.66. The van der Waals surface area contributed by atoms with Gasteiger partial charge in [0.1, 0.15) is 6.10 Å². The Morgan fingerprint density at radius 1 is 1.73 bits per heavy atom. The summed E-state index contributed by atoms with van der Waals surface area (Å²) in [7, 11) is 0. The van der Waals surface area contributed by atoms with E-state index >= 15 is 0 Å². The van der Waals surface area contributed by atoms with E-state index in [-0.39, 0.29) is 12.2 Å². The van der Waals surface area contributed by atoms with Gasteiger partial charge in [-0.05, 0) is 25.5 Å². The highest BCUT2D eigenvalue weighted by Crippen LogP contribution is 2.24. The van der Waals surface area contributed by atoms with Gasteiger partial charge in [0, 0.05) is 6.42 Å². The van der Waals surface area contributed by atoms with Crippen LogP contribution in [0.15, 0.2) is 11.6 Å². The van der Waals surface area contributed by atoms with E-state index in [1.54, 1.807) is 6.92 Å². The zero-order chi connectivity index (χ0) is 8.65. The molecule has 0 saturated heterocycles. The van der Waals surface area contributed by atoms with Crippen LogP contribution in [-0.4, -0.2) is 27.7 Å². The Balaban J connectivity index is 2.93. The molecule has 0 aromatic heterocycles. The monoisotopic (exact) mass is 156 g/mol. The molecule has 3 heteroatoms. The van der Waals surface area contributed by atoms with Crippen LogP contribution in [0, 0.1) is 0 Å². The smallest absolute Gasteiger partial charge is 0.161 e. The molecule has 0 fully saturated rings. The van der Waals surface area contributed by atoms with Gasteiger partial charge >= 0.3 is 0 Å². The van der Waals surface area contributed by atoms with Gasteiger partial charge in [-0.25, -0.2) is 0 Å². The molecule has 0 bridgehead atoms. The molecular formula is C8H12O3. The highest BCUT2D eigenvalue weighted by atomic mass is 16.3. The van der Waals surface area contributed by atoms with E-state index in [0.717, 1.165) is 0 Å². The minimum atomic E-state index is -1.28. The molecule has 0 amide bonds. The summed E-state index contributed by atoms with van der Waals surface area (Å²) >= 11 is 0. The summed E-state index contributed by atoms with van der Waals surface area (Å²) in [5.74, 6) is -0.0969. The second-order valence-corrected chi connectivity index (χ2v) is 3.25. The minimum absolute atomic E-state index is 0.0104. The van der Waals surface area contributed by atoms with Crippen molar-refractivity contribution in [1.29, 1.82) is 0 Å². The molecule has 62 valence electrons. The first kappa shape index (κ1) is 8.43. The summed E-state index contributed by atoms with van der Waals surface area (Å²) < 4.78 is 0. The third-order valence-electron chi connectivity index (χ3n) is 2.00. The quantitative estimate of drug-likeness (QED) is 0.519. The van der Waals surface area contributed by atoms with E-state index in [0.29, 0.717) is 5.57 Å². The van der Waals surface area contributed by atoms with Gasteiger partial charge in [-0.2, -0.15) is 0 Å². The van der Waals surface area contributed by atoms with E-state index in [1.165, 1.54) is 13.0 Å². The van der Waals surface area contributed by atoms with Gasteiger partial charge in [0.25, 0.3) is 0 Å². The lowest BCUT2D eigenvalue weighted by Crippen LogP contribution is -2.43. The summed E-state index contributed by atoms with van der Waals surface area (Å²) in [5.41, 5.74) is -0.750. The van der Waals surface area contributed by atoms with Gasteiger partial charge in [-0.1, -0.05) is 0 Å². The highest BCUT2D eigenvalue weighted by molar-refractivity contribution is 5.96. The van der Waals surface area contributed by atoms with Crippen LogP contribution in [0.2, 0.25) is 0 Å². The summed E-state index contributed by atoms with van der Waals surface area (Å²) in [4.78, 5) is 11.0. The first-order valence-corrected chi connectivity index (χ1v) is 3.55. The van der Waals surface area contributed by atoms with Crippen molar-refractivity contribution in [3.8, 4) is 0 Å². The minimum Gasteiger partial charge on any atom is -0.387 e. The fraction of sp³-hybridized carbons (Fsp3) is 0.625. The third kappa shape index (κ3) is 1.49. The van der Waals surface area contributed by atoms with Crippen LogP contribution in [0.1, 0.15) is 20.3 Å².